The van der Waals surface area contributed by atoms with Crippen molar-refractivity contribution >= 4 is 15.9 Å². The third kappa shape index (κ3) is 3.33. The van der Waals surface area contributed by atoms with Crippen LogP contribution in [-0.4, -0.2) is 0 Å². The van der Waals surface area contributed by atoms with Crippen LogP contribution in [0.3, 0.4) is 0 Å². The summed E-state index contributed by atoms with van der Waals surface area (Å²) in [6.07, 6.45) is 0. The van der Waals surface area contributed by atoms with Crippen LogP contribution in [0.25, 0.3) is 0 Å². The van der Waals surface area contributed by atoms with E-state index in [9.17, 15) is 0 Å². The lowest BCUT2D eigenvalue weighted by molar-refractivity contribution is 0.306. The fourth-order valence-electron chi connectivity index (χ4n) is 1.45. The maximum absolute atomic E-state index is 8.79. The number of nitrogens with zero attached hydrogens (tertiary/aromatic N) is 1. The highest BCUT2D eigenvalue weighted by atomic mass is 79.9. The number of ether oxygens (including phenoxy) is 1. The summed E-state index contributed by atoms with van der Waals surface area (Å²) in [5.41, 5.74) is 1.64. The zero-order valence-electron chi connectivity index (χ0n) is 9.06. The van der Waals surface area contributed by atoms with Crippen molar-refractivity contribution in [1.29, 1.82) is 5.26 Å². The first-order chi connectivity index (χ1) is 8.28. The highest BCUT2D eigenvalue weighted by Crippen LogP contribution is 2.19. The van der Waals surface area contributed by atoms with Crippen LogP contribution in [0.2, 0.25) is 0 Å². The van der Waals surface area contributed by atoms with E-state index in [1.54, 1.807) is 6.07 Å². The molecule has 0 aliphatic heterocycles. The second-order valence-electron chi connectivity index (χ2n) is 3.56. The smallest absolute Gasteiger partial charge is 0.120 e. The van der Waals surface area contributed by atoms with Crippen LogP contribution in [0.4, 0.5) is 0 Å². The SMILES string of the molecule is N#Cc1cccc(COc2cccc(Br)c2)c1. The van der Waals surface area contributed by atoms with Crippen LogP contribution in [0, 0.1) is 11.3 Å². The molecule has 0 saturated carbocycles. The third-order valence-electron chi connectivity index (χ3n) is 2.26. The van der Waals surface area contributed by atoms with Crippen LogP contribution in [-0.2, 0) is 6.61 Å². The summed E-state index contributed by atoms with van der Waals surface area (Å²) in [7, 11) is 0. The Hall–Kier alpha value is -1.79. The molecule has 0 fully saturated rings. The summed E-state index contributed by atoms with van der Waals surface area (Å²) in [6.45, 7) is 0.464. The molecule has 3 heteroatoms. The van der Waals surface area contributed by atoms with Gasteiger partial charge in [0.25, 0.3) is 0 Å². The molecule has 0 N–H and O–H groups in total. The maximum Gasteiger partial charge on any atom is 0.120 e. The number of hydrogen-bond donors (Lipinski definition) is 0. The molecule has 0 aliphatic rings. The molecule has 2 rings (SSSR count). The van der Waals surface area contributed by atoms with Gasteiger partial charge in [-0.3, -0.25) is 0 Å². The van der Waals surface area contributed by atoms with E-state index in [1.807, 2.05) is 42.5 Å². The first-order valence-corrected chi connectivity index (χ1v) is 5.94. The largest absolute Gasteiger partial charge is 0.489 e. The van der Waals surface area contributed by atoms with Gasteiger partial charge in [-0.05, 0) is 35.9 Å². The molecular weight excluding hydrogens is 278 g/mol. The Morgan fingerprint density at radius 1 is 1.12 bits per heavy atom. The number of halogens is 1. The van der Waals surface area contributed by atoms with E-state index >= 15 is 0 Å². The van der Waals surface area contributed by atoms with Crippen molar-refractivity contribution in [3.05, 3.63) is 64.1 Å². The number of rotatable bonds is 3. The van der Waals surface area contributed by atoms with Crippen molar-refractivity contribution in [2.24, 2.45) is 0 Å². The van der Waals surface area contributed by atoms with Crippen molar-refractivity contribution in [2.45, 2.75) is 6.61 Å². The van der Waals surface area contributed by atoms with E-state index in [-0.39, 0.29) is 0 Å². The molecule has 0 spiro atoms. The molecule has 2 nitrogen and oxygen atoms in total. The Kier molecular flexibility index (Phi) is 3.79. The van der Waals surface area contributed by atoms with Crippen molar-refractivity contribution < 1.29 is 4.74 Å². The molecule has 2 aromatic carbocycles. The van der Waals surface area contributed by atoms with Gasteiger partial charge >= 0.3 is 0 Å². The summed E-state index contributed by atoms with van der Waals surface area (Å²) >= 11 is 3.39. The first kappa shape index (κ1) is 11.7. The van der Waals surface area contributed by atoms with E-state index in [2.05, 4.69) is 22.0 Å². The van der Waals surface area contributed by atoms with Crippen LogP contribution in [0.1, 0.15) is 11.1 Å². The minimum absolute atomic E-state index is 0.464. The van der Waals surface area contributed by atoms with E-state index in [0.29, 0.717) is 12.2 Å². The highest BCUT2D eigenvalue weighted by molar-refractivity contribution is 9.10. The molecule has 2 aromatic rings. The zero-order chi connectivity index (χ0) is 12.1. The fraction of sp³-hybridized carbons (Fsp3) is 0.0714. The lowest BCUT2D eigenvalue weighted by Crippen LogP contribution is -1.95. The molecular formula is C14H10BrNO. The van der Waals surface area contributed by atoms with Crippen LogP contribution in [0.5, 0.6) is 5.75 Å². The lowest BCUT2D eigenvalue weighted by atomic mass is 10.1. The van der Waals surface area contributed by atoms with Gasteiger partial charge in [0, 0.05) is 4.47 Å². The second-order valence-corrected chi connectivity index (χ2v) is 4.47. The number of benzene rings is 2. The van der Waals surface area contributed by atoms with E-state index in [0.717, 1.165) is 15.8 Å². The molecule has 0 atom stereocenters. The summed E-state index contributed by atoms with van der Waals surface area (Å²) < 4.78 is 6.62. The van der Waals surface area contributed by atoms with Crippen molar-refractivity contribution in [3.63, 3.8) is 0 Å². The second kappa shape index (κ2) is 5.51. The molecule has 0 aliphatic carbocycles. The minimum Gasteiger partial charge on any atom is -0.489 e. The topological polar surface area (TPSA) is 33.0 Å². The molecule has 0 heterocycles. The predicted molar refractivity (Wildman–Crippen MR) is 69.6 cm³/mol. The normalized spacial score (nSPS) is 9.65. The Labute approximate surface area is 109 Å². The van der Waals surface area contributed by atoms with Crippen molar-refractivity contribution in [3.8, 4) is 11.8 Å². The highest BCUT2D eigenvalue weighted by Gasteiger charge is 1.98. The Bertz CT molecular complexity index is 560. The fourth-order valence-corrected chi connectivity index (χ4v) is 1.83. The van der Waals surface area contributed by atoms with E-state index in [4.69, 9.17) is 10.00 Å². The van der Waals surface area contributed by atoms with Gasteiger partial charge in [-0.1, -0.05) is 34.1 Å². The lowest BCUT2D eigenvalue weighted by Gasteiger charge is -2.06. The standard InChI is InChI=1S/C14H10BrNO/c15-13-5-2-6-14(8-13)17-10-12-4-1-3-11(7-12)9-16/h1-8H,10H2. The van der Waals surface area contributed by atoms with Gasteiger partial charge < -0.3 is 4.74 Å². The molecule has 0 radical (unpaired) electrons. The Morgan fingerprint density at radius 2 is 1.94 bits per heavy atom. The first-order valence-electron chi connectivity index (χ1n) is 5.15. The third-order valence-corrected chi connectivity index (χ3v) is 2.75. The summed E-state index contributed by atoms with van der Waals surface area (Å²) in [5.74, 6) is 0.807. The van der Waals surface area contributed by atoms with E-state index < -0.39 is 0 Å². The van der Waals surface area contributed by atoms with Gasteiger partial charge in [0.05, 0.1) is 11.6 Å². The van der Waals surface area contributed by atoms with Gasteiger partial charge in [0.2, 0.25) is 0 Å². The summed E-state index contributed by atoms with van der Waals surface area (Å²) in [4.78, 5) is 0. The molecule has 17 heavy (non-hydrogen) atoms. The number of nitriles is 1. The Balaban J connectivity index is 2.05. The summed E-state index contributed by atoms with van der Waals surface area (Å²) in [5, 5.41) is 8.79. The van der Waals surface area contributed by atoms with Gasteiger partial charge in [0.15, 0.2) is 0 Å². The van der Waals surface area contributed by atoms with Gasteiger partial charge in [0.1, 0.15) is 12.4 Å². The van der Waals surface area contributed by atoms with Crippen LogP contribution in [0.15, 0.2) is 53.0 Å². The van der Waals surface area contributed by atoms with Gasteiger partial charge in [-0.2, -0.15) is 5.26 Å². The molecule has 0 aromatic heterocycles. The van der Waals surface area contributed by atoms with Gasteiger partial charge in [-0.25, -0.2) is 0 Å². The average molecular weight is 288 g/mol. The number of hydrogen-bond acceptors (Lipinski definition) is 2. The monoisotopic (exact) mass is 287 g/mol. The Morgan fingerprint density at radius 3 is 2.71 bits per heavy atom. The molecule has 0 amide bonds. The predicted octanol–water partition coefficient (Wildman–Crippen LogP) is 3.90. The minimum atomic E-state index is 0.464. The van der Waals surface area contributed by atoms with E-state index in [1.165, 1.54) is 0 Å². The average Bonchev–Trinajstić information content (AvgIpc) is 2.37. The molecule has 0 unspecified atom stereocenters. The maximum atomic E-state index is 8.79. The molecule has 0 bridgehead atoms. The van der Waals surface area contributed by atoms with Crippen LogP contribution < -0.4 is 4.74 Å². The molecule has 0 saturated heterocycles. The summed E-state index contributed by atoms with van der Waals surface area (Å²) in [6, 6.07) is 17.2. The van der Waals surface area contributed by atoms with Gasteiger partial charge in [-0.15, -0.1) is 0 Å². The molecule has 84 valence electrons. The van der Waals surface area contributed by atoms with Crippen molar-refractivity contribution in [1.82, 2.24) is 0 Å². The quantitative estimate of drug-likeness (QED) is 0.858. The van der Waals surface area contributed by atoms with Crippen LogP contribution >= 0.6 is 15.9 Å². The zero-order valence-corrected chi connectivity index (χ0v) is 10.6. The van der Waals surface area contributed by atoms with Crippen molar-refractivity contribution in [2.75, 3.05) is 0 Å².